The molecule has 196 valence electrons. The molecule has 3 aliphatic carbocycles. The smallest absolute Gasteiger partial charge is 0.323 e. The van der Waals surface area contributed by atoms with Gasteiger partial charge >= 0.3 is 11.9 Å². The zero-order chi connectivity index (χ0) is 26.5. The monoisotopic (exact) mass is 568 g/mol. The van der Waals surface area contributed by atoms with E-state index in [0.717, 1.165) is 52.6 Å². The molecule has 3 aliphatic rings. The van der Waals surface area contributed by atoms with Crippen LogP contribution in [0.3, 0.4) is 0 Å². The molecule has 0 heterocycles. The van der Waals surface area contributed by atoms with Gasteiger partial charge in [-0.2, -0.15) is 0 Å². The lowest BCUT2D eigenvalue weighted by molar-refractivity contribution is -0.182. The number of ketones is 1. The number of fused-ring (bicyclic) bond motifs is 5. The van der Waals surface area contributed by atoms with Crippen LogP contribution in [0.4, 0.5) is 0 Å². The number of carbonyl (C=O) groups excluding carboxylic acids is 3. The van der Waals surface area contributed by atoms with Gasteiger partial charge in [-0.15, -0.1) is 0 Å². The molecule has 0 radical (unpaired) electrons. The highest BCUT2D eigenvalue weighted by Gasteiger charge is 2.71. The number of rotatable bonds is 5. The lowest BCUT2D eigenvalue weighted by Gasteiger charge is -2.58. The van der Waals surface area contributed by atoms with Crippen molar-refractivity contribution in [3.8, 4) is 5.75 Å². The maximum atomic E-state index is 13.9. The number of ether oxygens (including phenoxy) is 3. The summed E-state index contributed by atoms with van der Waals surface area (Å²) in [4.78, 5) is 41.1. The average molecular weight is 569 g/mol. The molecule has 0 N–H and O–H groups in total. The summed E-state index contributed by atoms with van der Waals surface area (Å²) in [6.07, 6.45) is 3.37. The third-order valence-corrected chi connectivity index (χ3v) is 10.0. The van der Waals surface area contributed by atoms with Crippen molar-refractivity contribution in [2.75, 3.05) is 21.3 Å². The molecule has 2 saturated carbocycles. The zero-order valence-corrected chi connectivity index (χ0v) is 23.3. The number of halogens is 1. The van der Waals surface area contributed by atoms with Crippen molar-refractivity contribution < 1.29 is 28.6 Å². The number of hydrogen-bond donors (Lipinski definition) is 0. The Morgan fingerprint density at radius 1 is 0.919 bits per heavy atom. The molecule has 0 unspecified atom stereocenters. The van der Waals surface area contributed by atoms with E-state index in [1.165, 1.54) is 14.2 Å². The first-order valence-electron chi connectivity index (χ1n) is 12.8. The maximum absolute atomic E-state index is 13.9. The van der Waals surface area contributed by atoms with Crippen LogP contribution in [0, 0.1) is 23.2 Å². The summed E-state index contributed by atoms with van der Waals surface area (Å²) >= 11 is 3.53. The first-order chi connectivity index (χ1) is 17.7. The standard InChI is InChI=1S/C30H33BrO6/c1-17(32)24-13-14-25-23-11-5-18-15-21(35-2)10-12-22(18)26(23)30(27(33)36-3,28(34)37-4)16-29(24,25)19-6-8-20(31)9-7-19/h6-10,12,15,23-26H,5,11,13-14,16H2,1-4H3/t23-,24-,25+,26-,29-/m0/s1. The minimum atomic E-state index is -1.58. The highest BCUT2D eigenvalue weighted by Crippen LogP contribution is 2.69. The highest BCUT2D eigenvalue weighted by molar-refractivity contribution is 9.10. The highest BCUT2D eigenvalue weighted by atomic mass is 79.9. The topological polar surface area (TPSA) is 78.9 Å². The van der Waals surface area contributed by atoms with Crippen LogP contribution in [0.2, 0.25) is 0 Å². The van der Waals surface area contributed by atoms with Gasteiger partial charge in [0.1, 0.15) is 11.5 Å². The van der Waals surface area contributed by atoms with Crippen LogP contribution in [0.25, 0.3) is 0 Å². The minimum Gasteiger partial charge on any atom is -0.497 e. The second kappa shape index (κ2) is 9.57. The minimum absolute atomic E-state index is 0.000779. The predicted octanol–water partition coefficient (Wildman–Crippen LogP) is 5.39. The number of esters is 2. The molecule has 2 aromatic rings. The fraction of sp³-hybridized carbons (Fsp3) is 0.500. The van der Waals surface area contributed by atoms with Gasteiger partial charge in [-0.25, -0.2) is 0 Å². The molecule has 2 fully saturated rings. The summed E-state index contributed by atoms with van der Waals surface area (Å²) < 4.78 is 17.2. The van der Waals surface area contributed by atoms with Gasteiger partial charge in [0.05, 0.1) is 21.3 Å². The lowest BCUT2D eigenvalue weighted by Crippen LogP contribution is -2.62. The van der Waals surface area contributed by atoms with Crippen LogP contribution in [-0.4, -0.2) is 39.1 Å². The Morgan fingerprint density at radius 3 is 2.19 bits per heavy atom. The summed E-state index contributed by atoms with van der Waals surface area (Å²) in [6.45, 7) is 1.64. The molecule has 5 rings (SSSR count). The Labute approximate surface area is 226 Å². The zero-order valence-electron chi connectivity index (χ0n) is 21.7. The van der Waals surface area contributed by atoms with Gasteiger partial charge in [-0.3, -0.25) is 14.4 Å². The van der Waals surface area contributed by atoms with E-state index in [1.54, 1.807) is 14.0 Å². The van der Waals surface area contributed by atoms with Crippen LogP contribution < -0.4 is 4.74 Å². The molecule has 5 atom stereocenters. The number of methoxy groups -OCH3 is 3. The SMILES string of the molecule is COC(=O)C1(C(=O)OC)C[C@@]2(c3ccc(Br)cc3)[C@H](CC[C@H]2C(C)=O)[C@@H]2CCc3cc(OC)ccc3[C@@H]21. The van der Waals surface area contributed by atoms with Crippen molar-refractivity contribution in [2.45, 2.75) is 50.4 Å². The number of benzene rings is 2. The molecular formula is C30H33BrO6. The van der Waals surface area contributed by atoms with Gasteiger partial charge in [-0.1, -0.05) is 34.1 Å². The van der Waals surface area contributed by atoms with Crippen LogP contribution in [-0.2, 0) is 35.7 Å². The molecule has 0 bridgehead atoms. The van der Waals surface area contributed by atoms with Crippen LogP contribution >= 0.6 is 15.9 Å². The summed E-state index contributed by atoms with van der Waals surface area (Å²) in [7, 11) is 4.29. The van der Waals surface area contributed by atoms with E-state index in [9.17, 15) is 14.4 Å². The molecule has 0 aliphatic heterocycles. The average Bonchev–Trinajstić information content (AvgIpc) is 3.31. The summed E-state index contributed by atoms with van der Waals surface area (Å²) in [5.74, 6) is -0.938. The third-order valence-electron chi connectivity index (χ3n) is 9.50. The number of Topliss-reactive ketones (excluding diaryl/α,β-unsaturated/α-hetero) is 1. The van der Waals surface area contributed by atoms with E-state index in [0.29, 0.717) is 0 Å². The Kier molecular flexibility index (Phi) is 6.71. The lowest BCUT2D eigenvalue weighted by atomic mass is 9.43. The molecular weight excluding hydrogens is 536 g/mol. The largest absolute Gasteiger partial charge is 0.497 e. The van der Waals surface area contributed by atoms with E-state index in [2.05, 4.69) is 15.9 Å². The maximum Gasteiger partial charge on any atom is 0.323 e. The summed E-state index contributed by atoms with van der Waals surface area (Å²) in [5, 5.41) is 0. The van der Waals surface area contributed by atoms with Gasteiger partial charge in [0, 0.05) is 21.7 Å². The van der Waals surface area contributed by atoms with Gasteiger partial charge in [0.25, 0.3) is 0 Å². The van der Waals surface area contributed by atoms with Gasteiger partial charge in [0.2, 0.25) is 0 Å². The third kappa shape index (κ3) is 3.68. The molecule has 0 aromatic heterocycles. The van der Waals surface area contributed by atoms with Crippen molar-refractivity contribution in [3.05, 3.63) is 63.6 Å². The fourth-order valence-electron chi connectivity index (χ4n) is 8.24. The van der Waals surface area contributed by atoms with E-state index < -0.39 is 28.7 Å². The first kappa shape index (κ1) is 26.0. The van der Waals surface area contributed by atoms with Crippen molar-refractivity contribution in [1.82, 2.24) is 0 Å². The Balaban J connectivity index is 1.81. The second-order valence-corrected chi connectivity index (χ2v) is 11.7. The molecule has 37 heavy (non-hydrogen) atoms. The quantitative estimate of drug-likeness (QED) is 0.355. The number of aryl methyl sites for hydroxylation is 1. The van der Waals surface area contributed by atoms with Gasteiger partial charge in [0.15, 0.2) is 5.41 Å². The second-order valence-electron chi connectivity index (χ2n) is 10.8. The van der Waals surface area contributed by atoms with E-state index in [-0.39, 0.29) is 30.0 Å². The van der Waals surface area contributed by atoms with Crippen molar-refractivity contribution in [2.24, 2.45) is 23.2 Å². The van der Waals surface area contributed by atoms with Crippen LogP contribution in [0.15, 0.2) is 46.9 Å². The molecule has 6 nitrogen and oxygen atoms in total. The number of carbonyl (C=O) groups is 3. The molecule has 0 saturated heterocycles. The van der Waals surface area contributed by atoms with E-state index in [1.807, 2.05) is 42.5 Å². The van der Waals surface area contributed by atoms with Gasteiger partial charge < -0.3 is 14.2 Å². The van der Waals surface area contributed by atoms with Crippen molar-refractivity contribution in [3.63, 3.8) is 0 Å². The first-order valence-corrected chi connectivity index (χ1v) is 13.6. The van der Waals surface area contributed by atoms with Crippen molar-refractivity contribution in [1.29, 1.82) is 0 Å². The number of hydrogen-bond acceptors (Lipinski definition) is 6. The summed E-state index contributed by atoms with van der Waals surface area (Å²) in [6, 6.07) is 13.9. The van der Waals surface area contributed by atoms with Crippen molar-refractivity contribution >= 4 is 33.7 Å². The van der Waals surface area contributed by atoms with E-state index >= 15 is 0 Å². The molecule has 2 aromatic carbocycles. The van der Waals surface area contributed by atoms with Gasteiger partial charge in [-0.05, 0) is 91.8 Å². The molecule has 0 spiro atoms. The van der Waals surface area contributed by atoms with Crippen LogP contribution in [0.1, 0.15) is 55.2 Å². The van der Waals surface area contributed by atoms with Crippen LogP contribution in [0.5, 0.6) is 5.75 Å². The molecule has 0 amide bonds. The Morgan fingerprint density at radius 2 is 1.59 bits per heavy atom. The Bertz CT molecular complexity index is 1220. The predicted molar refractivity (Wildman–Crippen MR) is 141 cm³/mol. The Hall–Kier alpha value is -2.67. The summed E-state index contributed by atoms with van der Waals surface area (Å²) in [5.41, 5.74) is 0.785. The fourth-order valence-corrected chi connectivity index (χ4v) is 8.51. The molecule has 7 heteroatoms. The normalized spacial score (nSPS) is 29.3. The van der Waals surface area contributed by atoms with E-state index in [4.69, 9.17) is 14.2 Å².